The van der Waals surface area contributed by atoms with E-state index in [-0.39, 0.29) is 5.91 Å². The summed E-state index contributed by atoms with van der Waals surface area (Å²) in [5.74, 6) is 3.30. The molecule has 0 saturated heterocycles. The number of thiazole rings is 1. The molecule has 1 aliphatic carbocycles. The Hall–Kier alpha value is -2.39. The molecule has 1 fully saturated rings. The van der Waals surface area contributed by atoms with Crippen LogP contribution in [0.25, 0.3) is 5.69 Å². The third kappa shape index (κ3) is 5.69. The highest BCUT2D eigenvalue weighted by Gasteiger charge is 2.19. The van der Waals surface area contributed by atoms with E-state index in [1.165, 1.54) is 43.4 Å². The maximum absolute atomic E-state index is 12.3. The van der Waals surface area contributed by atoms with Gasteiger partial charge in [0.2, 0.25) is 0 Å². The van der Waals surface area contributed by atoms with Gasteiger partial charge in [-0.3, -0.25) is 9.36 Å². The predicted molar refractivity (Wildman–Crippen MR) is 128 cm³/mol. The Morgan fingerprint density at radius 1 is 1.22 bits per heavy atom. The normalized spacial score (nSPS) is 14.4. The van der Waals surface area contributed by atoms with Gasteiger partial charge in [0.15, 0.2) is 5.16 Å². The molecule has 1 aliphatic rings. The summed E-state index contributed by atoms with van der Waals surface area (Å²) in [6.45, 7) is 2.36. The minimum atomic E-state index is -0.156. The molecule has 2 aromatic heterocycles. The number of hydrogen-bond acceptors (Lipinski definition) is 7. The lowest BCUT2D eigenvalue weighted by Gasteiger charge is -2.20. The van der Waals surface area contributed by atoms with Crippen LogP contribution in [0, 0.1) is 12.8 Å². The minimum Gasteiger partial charge on any atom is -0.497 e. The van der Waals surface area contributed by atoms with Crippen molar-refractivity contribution in [1.82, 2.24) is 25.1 Å². The largest absolute Gasteiger partial charge is 0.497 e. The highest BCUT2D eigenvalue weighted by molar-refractivity contribution is 7.99. The van der Waals surface area contributed by atoms with Gasteiger partial charge in [-0.1, -0.05) is 31.0 Å². The van der Waals surface area contributed by atoms with Gasteiger partial charge < -0.3 is 10.1 Å². The van der Waals surface area contributed by atoms with E-state index in [4.69, 9.17) is 4.74 Å². The average molecular weight is 472 g/mol. The van der Waals surface area contributed by atoms with Gasteiger partial charge >= 0.3 is 0 Å². The van der Waals surface area contributed by atoms with Crippen LogP contribution in [0.2, 0.25) is 0 Å². The number of rotatable bonds is 9. The molecule has 0 aliphatic heterocycles. The Balaban J connectivity index is 1.47. The van der Waals surface area contributed by atoms with Gasteiger partial charge in [-0.15, -0.1) is 21.5 Å². The van der Waals surface area contributed by atoms with Crippen LogP contribution in [0.4, 0.5) is 0 Å². The number of nitrogens with one attached hydrogen (secondary N) is 1. The summed E-state index contributed by atoms with van der Waals surface area (Å²) in [7, 11) is 1.66. The molecule has 9 heteroatoms. The molecule has 32 heavy (non-hydrogen) atoms. The van der Waals surface area contributed by atoms with Crippen molar-refractivity contribution >= 4 is 29.0 Å². The molecule has 2 heterocycles. The molecule has 1 N–H and O–H groups in total. The number of nitrogens with zero attached hydrogens (tertiary/aromatic N) is 4. The third-order valence-electron chi connectivity index (χ3n) is 5.69. The van der Waals surface area contributed by atoms with Crippen LogP contribution < -0.4 is 10.1 Å². The zero-order chi connectivity index (χ0) is 22.3. The lowest BCUT2D eigenvalue weighted by atomic mass is 9.91. The quantitative estimate of drug-likeness (QED) is 0.456. The molecule has 3 aromatic rings. The average Bonchev–Trinajstić information content (AvgIpc) is 3.44. The van der Waals surface area contributed by atoms with Gasteiger partial charge in [0, 0.05) is 29.8 Å². The summed E-state index contributed by atoms with van der Waals surface area (Å²) in [4.78, 5) is 16.6. The fourth-order valence-electron chi connectivity index (χ4n) is 3.94. The zero-order valence-electron chi connectivity index (χ0n) is 18.5. The molecule has 170 valence electrons. The Labute approximate surface area is 197 Å². The van der Waals surface area contributed by atoms with Crippen molar-refractivity contribution in [3.8, 4) is 11.4 Å². The highest BCUT2D eigenvalue weighted by Crippen LogP contribution is 2.31. The van der Waals surface area contributed by atoms with E-state index in [2.05, 4.69) is 25.1 Å². The van der Waals surface area contributed by atoms with E-state index in [1.807, 2.05) is 31.2 Å². The number of aromatic nitrogens is 4. The predicted octanol–water partition coefficient (Wildman–Crippen LogP) is 4.69. The number of hydrogen-bond donors (Lipinski definition) is 1. The van der Waals surface area contributed by atoms with Crippen molar-refractivity contribution in [3.63, 3.8) is 0 Å². The molecule has 4 rings (SSSR count). The molecule has 0 radical (unpaired) electrons. The molecular weight excluding hydrogens is 442 g/mol. The van der Waals surface area contributed by atoms with E-state index < -0.39 is 0 Å². The first-order valence-corrected chi connectivity index (χ1v) is 12.9. The van der Waals surface area contributed by atoms with Gasteiger partial charge in [0.05, 0.1) is 12.1 Å². The third-order valence-corrected chi connectivity index (χ3v) is 7.62. The number of amides is 1. The molecule has 1 saturated carbocycles. The number of methoxy groups -OCH3 is 1. The van der Waals surface area contributed by atoms with Gasteiger partial charge in [0.25, 0.3) is 5.91 Å². The van der Waals surface area contributed by atoms with Crippen LogP contribution in [0.15, 0.2) is 34.8 Å². The van der Waals surface area contributed by atoms with Gasteiger partial charge in [-0.25, -0.2) is 4.98 Å². The van der Waals surface area contributed by atoms with Crippen molar-refractivity contribution in [2.45, 2.75) is 50.6 Å². The summed E-state index contributed by atoms with van der Waals surface area (Å²) in [6, 6.07) is 7.93. The minimum absolute atomic E-state index is 0.156. The van der Waals surface area contributed by atoms with Crippen molar-refractivity contribution < 1.29 is 9.53 Å². The maximum atomic E-state index is 12.3. The van der Waals surface area contributed by atoms with Crippen LogP contribution in [0.1, 0.15) is 53.4 Å². The fourth-order valence-corrected chi connectivity index (χ4v) is 5.69. The second-order valence-electron chi connectivity index (χ2n) is 8.00. The van der Waals surface area contributed by atoms with Gasteiger partial charge in [-0.05, 0) is 49.9 Å². The molecule has 1 aromatic carbocycles. The highest BCUT2D eigenvalue weighted by atomic mass is 32.2. The van der Waals surface area contributed by atoms with E-state index in [0.717, 1.165) is 39.1 Å². The van der Waals surface area contributed by atoms with Crippen LogP contribution >= 0.6 is 23.1 Å². The summed E-state index contributed by atoms with van der Waals surface area (Å²) in [5.41, 5.74) is 1.46. The van der Waals surface area contributed by atoms with Crippen molar-refractivity contribution in [1.29, 1.82) is 0 Å². The first-order valence-electron chi connectivity index (χ1n) is 11.1. The van der Waals surface area contributed by atoms with Crippen molar-refractivity contribution in [3.05, 3.63) is 46.2 Å². The summed E-state index contributed by atoms with van der Waals surface area (Å²) in [5, 5.41) is 15.5. The molecular formula is C23H29N5O2S2. The number of aryl methyl sites for hydroxylation is 1. The molecule has 0 atom stereocenters. The van der Waals surface area contributed by atoms with Crippen molar-refractivity contribution in [2.75, 3.05) is 19.4 Å². The van der Waals surface area contributed by atoms with Gasteiger partial charge in [-0.2, -0.15) is 0 Å². The standard InChI is InChI=1S/C23H29N5O2S2/c1-16-25-20(15-31-16)22(29)24-13-12-21-26-27-23(32-14-17-6-4-3-5-7-17)28(21)18-8-10-19(30-2)11-9-18/h8-11,15,17H,3-7,12-14H2,1-2H3,(H,24,29). The zero-order valence-corrected chi connectivity index (χ0v) is 20.2. The molecule has 0 spiro atoms. The number of carbonyl (C=O) groups excluding carboxylic acids is 1. The Kier molecular flexibility index (Phi) is 7.81. The molecule has 0 unspecified atom stereocenters. The SMILES string of the molecule is COc1ccc(-n2c(CCNC(=O)c3csc(C)n3)nnc2SCC2CCCCC2)cc1. The summed E-state index contributed by atoms with van der Waals surface area (Å²) < 4.78 is 7.41. The van der Waals surface area contributed by atoms with Crippen LogP contribution in [-0.4, -0.2) is 45.1 Å². The Morgan fingerprint density at radius 3 is 2.69 bits per heavy atom. The van der Waals surface area contributed by atoms with E-state index >= 15 is 0 Å². The number of benzene rings is 1. The van der Waals surface area contributed by atoms with Crippen LogP contribution in [0.3, 0.4) is 0 Å². The van der Waals surface area contributed by atoms with Gasteiger partial charge in [0.1, 0.15) is 17.3 Å². The number of carbonyl (C=O) groups is 1. The monoisotopic (exact) mass is 471 g/mol. The van der Waals surface area contributed by atoms with E-state index in [0.29, 0.717) is 18.7 Å². The Bertz CT molecular complexity index is 1030. The smallest absolute Gasteiger partial charge is 0.270 e. The number of thioether (sulfide) groups is 1. The Morgan fingerprint density at radius 2 is 2.00 bits per heavy atom. The second-order valence-corrected chi connectivity index (χ2v) is 10.1. The first-order chi connectivity index (χ1) is 15.6. The molecule has 7 nitrogen and oxygen atoms in total. The van der Waals surface area contributed by atoms with E-state index in [1.54, 1.807) is 24.3 Å². The molecule has 0 bridgehead atoms. The lowest BCUT2D eigenvalue weighted by Crippen LogP contribution is -2.26. The molecule has 1 amide bonds. The van der Waals surface area contributed by atoms with Crippen molar-refractivity contribution in [2.24, 2.45) is 5.92 Å². The van der Waals surface area contributed by atoms with E-state index in [9.17, 15) is 4.79 Å². The topological polar surface area (TPSA) is 81.9 Å². The number of ether oxygens (including phenoxy) is 1. The fraction of sp³-hybridized carbons (Fsp3) is 0.478. The first kappa shape index (κ1) is 22.8. The second kappa shape index (κ2) is 11.0. The van der Waals surface area contributed by atoms with Crippen LogP contribution in [0.5, 0.6) is 5.75 Å². The summed E-state index contributed by atoms with van der Waals surface area (Å²) in [6.07, 6.45) is 7.22. The maximum Gasteiger partial charge on any atom is 0.270 e. The summed E-state index contributed by atoms with van der Waals surface area (Å²) >= 11 is 3.25. The van der Waals surface area contributed by atoms with Crippen LogP contribution in [-0.2, 0) is 6.42 Å². The lowest BCUT2D eigenvalue weighted by molar-refractivity contribution is 0.0949.